The monoisotopic (exact) mass is 485 g/mol. The number of anilines is 1. The Morgan fingerprint density at radius 1 is 1.11 bits per heavy atom. The zero-order chi connectivity index (χ0) is 24.4. The molecule has 0 bridgehead atoms. The molecule has 1 aliphatic rings. The second-order valence-corrected chi connectivity index (χ2v) is 8.40. The predicted molar refractivity (Wildman–Crippen MR) is 137 cm³/mol. The molecule has 2 aromatic carbocycles. The van der Waals surface area contributed by atoms with Crippen LogP contribution in [0.4, 0.5) is 5.69 Å². The molecular weight excluding hydrogens is 462 g/mol. The smallest absolute Gasteiger partial charge is 0.335 e. The minimum absolute atomic E-state index is 0.200. The molecule has 2 aromatic heterocycles. The number of furan rings is 1. The quantitative estimate of drug-likeness (QED) is 0.326. The van der Waals surface area contributed by atoms with Gasteiger partial charge in [-0.2, -0.15) is 0 Å². The summed E-state index contributed by atoms with van der Waals surface area (Å²) >= 11 is 5.76. The van der Waals surface area contributed by atoms with Gasteiger partial charge in [0.25, 0.3) is 0 Å². The molecule has 2 N–H and O–H groups in total. The Hall–Kier alpha value is -4.17. The van der Waals surface area contributed by atoms with Crippen LogP contribution in [-0.2, 0) is 0 Å². The minimum atomic E-state index is -0.985. The van der Waals surface area contributed by atoms with Crippen molar-refractivity contribution in [3.8, 4) is 17.1 Å². The first kappa shape index (κ1) is 22.6. The number of nitrogens with zero attached hydrogens (tertiary/aromatic N) is 2. The summed E-state index contributed by atoms with van der Waals surface area (Å²) in [6.45, 7) is 2.53. The highest BCUT2D eigenvalue weighted by Crippen LogP contribution is 2.43. The molecule has 1 aliphatic heterocycles. The molecule has 8 heteroatoms. The first-order chi connectivity index (χ1) is 17.0. The molecule has 1 saturated heterocycles. The lowest BCUT2D eigenvalue weighted by Gasteiger charge is -2.26. The first-order valence-electron chi connectivity index (χ1n) is 11.2. The molecule has 0 amide bonds. The fourth-order valence-corrected chi connectivity index (χ4v) is 4.61. The number of carboxylic acid groups (broad SMARTS) is 1. The van der Waals surface area contributed by atoms with Gasteiger partial charge in [-0.05, 0) is 79.8 Å². The number of hydrogen-bond donors (Lipinski definition) is 2. The second-order valence-electron chi connectivity index (χ2n) is 8.01. The van der Waals surface area contributed by atoms with E-state index in [2.05, 4.69) is 10.3 Å². The third kappa shape index (κ3) is 4.48. The van der Waals surface area contributed by atoms with Gasteiger partial charge in [0.1, 0.15) is 23.3 Å². The Kier molecular flexibility index (Phi) is 6.20. The van der Waals surface area contributed by atoms with Crippen LogP contribution >= 0.6 is 12.2 Å². The third-order valence-corrected chi connectivity index (χ3v) is 6.15. The van der Waals surface area contributed by atoms with Crippen molar-refractivity contribution >= 4 is 29.0 Å². The molecule has 0 aliphatic carbocycles. The highest BCUT2D eigenvalue weighted by Gasteiger charge is 2.42. The van der Waals surface area contributed by atoms with E-state index in [1.54, 1.807) is 24.4 Å². The molecule has 35 heavy (non-hydrogen) atoms. The lowest BCUT2D eigenvalue weighted by atomic mass is 10.0. The fraction of sp³-hybridized carbons (Fsp3) is 0.148. The number of thiocarbonyl (C=S) groups is 1. The van der Waals surface area contributed by atoms with E-state index in [0.717, 1.165) is 17.1 Å². The minimum Gasteiger partial charge on any atom is -0.494 e. The van der Waals surface area contributed by atoms with Gasteiger partial charge in [0.2, 0.25) is 0 Å². The van der Waals surface area contributed by atoms with E-state index in [9.17, 15) is 9.90 Å². The van der Waals surface area contributed by atoms with Crippen LogP contribution in [0.2, 0.25) is 0 Å². The van der Waals surface area contributed by atoms with E-state index in [4.69, 9.17) is 21.4 Å². The van der Waals surface area contributed by atoms with Crippen LogP contribution in [-0.4, -0.2) is 27.8 Å². The number of benzene rings is 2. The number of rotatable bonds is 7. The lowest BCUT2D eigenvalue weighted by Crippen LogP contribution is -2.29. The van der Waals surface area contributed by atoms with Crippen molar-refractivity contribution in [2.24, 2.45) is 0 Å². The van der Waals surface area contributed by atoms with Gasteiger partial charge >= 0.3 is 5.97 Å². The fourth-order valence-electron chi connectivity index (χ4n) is 4.26. The molecule has 0 spiro atoms. The summed E-state index contributed by atoms with van der Waals surface area (Å²) in [5.41, 5.74) is 2.61. The number of hydrogen-bond acceptors (Lipinski definition) is 5. The molecule has 3 heterocycles. The van der Waals surface area contributed by atoms with Crippen molar-refractivity contribution in [2.45, 2.75) is 19.0 Å². The molecular formula is C27H23N3O4S. The molecule has 5 rings (SSSR count). The number of ether oxygens (including phenoxy) is 1. The summed E-state index contributed by atoms with van der Waals surface area (Å²) in [5.74, 6) is 1.05. The predicted octanol–water partition coefficient (Wildman–Crippen LogP) is 5.62. The largest absolute Gasteiger partial charge is 0.494 e. The SMILES string of the molecule is CCOc1ccc(N2C(=S)NC(c3ccccn3)C2c2ccc(-c3cccc(C(=O)O)c3)o2)cc1. The molecule has 176 valence electrons. The van der Waals surface area contributed by atoms with E-state index < -0.39 is 5.97 Å². The molecule has 2 atom stereocenters. The van der Waals surface area contributed by atoms with E-state index >= 15 is 0 Å². The van der Waals surface area contributed by atoms with Gasteiger partial charge in [-0.1, -0.05) is 18.2 Å². The van der Waals surface area contributed by atoms with E-state index in [1.165, 1.54) is 0 Å². The van der Waals surface area contributed by atoms with E-state index in [1.807, 2.05) is 72.5 Å². The van der Waals surface area contributed by atoms with Gasteiger partial charge in [-0.15, -0.1) is 0 Å². The summed E-state index contributed by atoms with van der Waals surface area (Å²) < 4.78 is 11.9. The van der Waals surface area contributed by atoms with E-state index in [-0.39, 0.29) is 17.6 Å². The lowest BCUT2D eigenvalue weighted by molar-refractivity contribution is 0.0697. The summed E-state index contributed by atoms with van der Waals surface area (Å²) in [4.78, 5) is 18.0. The van der Waals surface area contributed by atoms with Gasteiger partial charge in [-0.3, -0.25) is 4.98 Å². The average molecular weight is 486 g/mol. The van der Waals surface area contributed by atoms with Crippen LogP contribution < -0.4 is 15.0 Å². The van der Waals surface area contributed by atoms with Crippen molar-refractivity contribution in [3.05, 3.63) is 102 Å². The van der Waals surface area contributed by atoms with Crippen LogP contribution in [0.1, 0.15) is 40.8 Å². The van der Waals surface area contributed by atoms with Crippen LogP contribution in [0, 0.1) is 0 Å². The van der Waals surface area contributed by atoms with Crippen LogP contribution in [0.3, 0.4) is 0 Å². The topological polar surface area (TPSA) is 87.8 Å². The van der Waals surface area contributed by atoms with E-state index in [0.29, 0.717) is 28.8 Å². The maximum atomic E-state index is 11.4. The molecule has 4 aromatic rings. The maximum Gasteiger partial charge on any atom is 0.335 e. The number of aromatic carboxylic acids is 1. The molecule has 7 nitrogen and oxygen atoms in total. The van der Waals surface area contributed by atoms with Crippen LogP contribution in [0.15, 0.2) is 89.5 Å². The first-order valence-corrected chi connectivity index (χ1v) is 11.6. The number of nitrogens with one attached hydrogen (secondary N) is 1. The summed E-state index contributed by atoms with van der Waals surface area (Å²) in [7, 11) is 0. The Bertz CT molecular complexity index is 1350. The zero-order valence-electron chi connectivity index (χ0n) is 18.9. The van der Waals surface area contributed by atoms with Crippen molar-refractivity contribution in [1.82, 2.24) is 10.3 Å². The highest BCUT2D eigenvalue weighted by atomic mass is 32.1. The van der Waals surface area contributed by atoms with Crippen molar-refractivity contribution < 1.29 is 19.1 Å². The molecule has 2 unspecified atom stereocenters. The van der Waals surface area contributed by atoms with Crippen molar-refractivity contribution in [2.75, 3.05) is 11.5 Å². The number of carbonyl (C=O) groups is 1. The van der Waals surface area contributed by atoms with Crippen LogP contribution in [0.25, 0.3) is 11.3 Å². The maximum absolute atomic E-state index is 11.4. The second kappa shape index (κ2) is 9.60. The van der Waals surface area contributed by atoms with Crippen molar-refractivity contribution in [3.63, 3.8) is 0 Å². The Balaban J connectivity index is 1.56. The number of pyridine rings is 1. The van der Waals surface area contributed by atoms with Gasteiger partial charge < -0.3 is 24.5 Å². The van der Waals surface area contributed by atoms with Gasteiger partial charge in [0, 0.05) is 17.4 Å². The van der Waals surface area contributed by atoms with Gasteiger partial charge in [0.05, 0.1) is 23.9 Å². The average Bonchev–Trinajstić information content (AvgIpc) is 3.50. The molecule has 1 fully saturated rings. The van der Waals surface area contributed by atoms with Crippen LogP contribution in [0.5, 0.6) is 5.75 Å². The van der Waals surface area contributed by atoms with Gasteiger partial charge in [-0.25, -0.2) is 4.79 Å². The Labute approximate surface area is 208 Å². The summed E-state index contributed by atoms with van der Waals surface area (Å²) in [6.07, 6.45) is 1.75. The highest BCUT2D eigenvalue weighted by molar-refractivity contribution is 7.80. The number of carboxylic acids is 1. The summed E-state index contributed by atoms with van der Waals surface area (Å²) in [6, 6.07) is 23.4. The Morgan fingerprint density at radius 2 is 1.94 bits per heavy atom. The number of aromatic nitrogens is 1. The zero-order valence-corrected chi connectivity index (χ0v) is 19.7. The Morgan fingerprint density at radius 3 is 2.66 bits per heavy atom. The molecule has 0 saturated carbocycles. The normalized spacial score (nSPS) is 17.3. The molecule has 0 radical (unpaired) electrons. The van der Waals surface area contributed by atoms with Gasteiger partial charge in [0.15, 0.2) is 5.11 Å². The standard InChI is InChI=1S/C27H23N3O4S/c1-2-33-20-11-9-19(10-12-20)30-25(24(29-27(30)35)21-8-3-4-15-28-21)23-14-13-22(34-23)17-6-5-7-18(16-17)26(31)32/h3-16,24-25H,2H2,1H3,(H,29,35)(H,31,32). The summed E-state index contributed by atoms with van der Waals surface area (Å²) in [5, 5.41) is 13.3. The van der Waals surface area contributed by atoms with Crippen molar-refractivity contribution in [1.29, 1.82) is 0 Å². The third-order valence-electron chi connectivity index (χ3n) is 5.84.